The Hall–Kier alpha value is -1.30. The van der Waals surface area contributed by atoms with Crippen LogP contribution in [0.25, 0.3) is 0 Å². The van der Waals surface area contributed by atoms with Crippen LogP contribution in [-0.2, 0) is 9.53 Å². The molecule has 18 heavy (non-hydrogen) atoms. The molecule has 0 radical (unpaired) electrons. The van der Waals surface area contributed by atoms with Gasteiger partial charge < -0.3 is 19.6 Å². The minimum Gasteiger partial charge on any atom is -0.480 e. The highest BCUT2D eigenvalue weighted by Gasteiger charge is 2.27. The van der Waals surface area contributed by atoms with Gasteiger partial charge in [0, 0.05) is 19.6 Å². The number of urea groups is 1. The van der Waals surface area contributed by atoms with Crippen LogP contribution in [0.4, 0.5) is 4.79 Å². The molecule has 6 nitrogen and oxygen atoms in total. The summed E-state index contributed by atoms with van der Waals surface area (Å²) in [4.78, 5) is 26.1. The molecule has 1 aliphatic heterocycles. The van der Waals surface area contributed by atoms with E-state index >= 15 is 0 Å². The Labute approximate surface area is 107 Å². The molecule has 104 valence electrons. The number of carbonyl (C=O) groups excluding carboxylic acids is 1. The summed E-state index contributed by atoms with van der Waals surface area (Å²) in [6, 6.07) is -0.194. The van der Waals surface area contributed by atoms with Gasteiger partial charge >= 0.3 is 12.0 Å². The molecule has 1 fully saturated rings. The molecule has 0 saturated carbocycles. The predicted octanol–water partition coefficient (Wildman–Crippen LogP) is 1.01. The van der Waals surface area contributed by atoms with Gasteiger partial charge in [0.25, 0.3) is 0 Å². The number of carbonyl (C=O) groups is 2. The highest BCUT2D eigenvalue weighted by molar-refractivity contribution is 5.80. The van der Waals surface area contributed by atoms with Gasteiger partial charge in [-0.2, -0.15) is 0 Å². The zero-order valence-electron chi connectivity index (χ0n) is 11.1. The third-order valence-electron chi connectivity index (χ3n) is 2.95. The van der Waals surface area contributed by atoms with Crippen LogP contribution >= 0.6 is 0 Å². The summed E-state index contributed by atoms with van der Waals surface area (Å²) in [6.07, 6.45) is 1.67. The number of carboxylic acid groups (broad SMARTS) is 1. The molecule has 1 aliphatic rings. The molecule has 0 aromatic heterocycles. The van der Waals surface area contributed by atoms with Gasteiger partial charge in [-0.3, -0.25) is 4.79 Å². The Balaban J connectivity index is 2.60. The van der Waals surface area contributed by atoms with Crippen molar-refractivity contribution in [1.82, 2.24) is 9.80 Å². The average Bonchev–Trinajstić information content (AvgIpc) is 2.37. The van der Waals surface area contributed by atoms with Crippen molar-refractivity contribution in [3.63, 3.8) is 0 Å². The molecule has 0 aliphatic carbocycles. The van der Waals surface area contributed by atoms with Gasteiger partial charge in [-0.15, -0.1) is 0 Å². The number of hydrogen-bond acceptors (Lipinski definition) is 3. The van der Waals surface area contributed by atoms with Gasteiger partial charge in [-0.05, 0) is 12.8 Å². The van der Waals surface area contributed by atoms with E-state index in [1.165, 1.54) is 4.90 Å². The van der Waals surface area contributed by atoms with Crippen molar-refractivity contribution in [2.24, 2.45) is 0 Å². The van der Waals surface area contributed by atoms with Gasteiger partial charge in [-0.25, -0.2) is 4.79 Å². The summed E-state index contributed by atoms with van der Waals surface area (Å²) >= 11 is 0. The van der Waals surface area contributed by atoms with E-state index < -0.39 is 5.97 Å². The summed E-state index contributed by atoms with van der Waals surface area (Å²) < 4.78 is 5.50. The summed E-state index contributed by atoms with van der Waals surface area (Å²) in [6.45, 7) is 5.79. The first kappa shape index (κ1) is 14.8. The van der Waals surface area contributed by atoms with E-state index in [4.69, 9.17) is 9.84 Å². The highest BCUT2D eigenvalue weighted by Crippen LogP contribution is 2.11. The maximum Gasteiger partial charge on any atom is 0.323 e. The van der Waals surface area contributed by atoms with Crippen molar-refractivity contribution in [2.45, 2.75) is 32.8 Å². The molecule has 2 amide bonds. The third-order valence-corrected chi connectivity index (χ3v) is 2.95. The monoisotopic (exact) mass is 258 g/mol. The van der Waals surface area contributed by atoms with Crippen LogP contribution in [0.5, 0.6) is 0 Å². The second-order valence-corrected chi connectivity index (χ2v) is 4.44. The fourth-order valence-corrected chi connectivity index (χ4v) is 2.02. The fraction of sp³-hybridized carbons (Fsp3) is 0.833. The maximum absolute atomic E-state index is 12.2. The van der Waals surface area contributed by atoms with E-state index in [-0.39, 0.29) is 18.7 Å². The molecule has 1 unspecified atom stereocenters. The van der Waals surface area contributed by atoms with Crippen molar-refractivity contribution >= 4 is 12.0 Å². The average molecular weight is 258 g/mol. The van der Waals surface area contributed by atoms with Crippen LogP contribution in [0.2, 0.25) is 0 Å². The predicted molar refractivity (Wildman–Crippen MR) is 66.5 cm³/mol. The molecule has 1 rings (SSSR count). The van der Waals surface area contributed by atoms with Gasteiger partial charge in [-0.1, -0.05) is 13.8 Å². The smallest absolute Gasteiger partial charge is 0.323 e. The lowest BCUT2D eigenvalue weighted by molar-refractivity contribution is -0.137. The lowest BCUT2D eigenvalue weighted by Gasteiger charge is -2.35. The second kappa shape index (κ2) is 7.20. The Kier molecular flexibility index (Phi) is 5.91. The van der Waals surface area contributed by atoms with Gasteiger partial charge in [0.05, 0.1) is 12.7 Å². The summed E-state index contributed by atoms with van der Waals surface area (Å²) in [5.74, 6) is -0.975. The first-order chi connectivity index (χ1) is 8.58. The normalized spacial score (nSPS) is 19.7. The first-order valence-electron chi connectivity index (χ1n) is 6.45. The molecule has 1 heterocycles. The first-order valence-corrected chi connectivity index (χ1v) is 6.45. The Morgan fingerprint density at radius 3 is 2.72 bits per heavy atom. The van der Waals surface area contributed by atoms with Crippen LogP contribution in [0.3, 0.4) is 0 Å². The van der Waals surface area contributed by atoms with E-state index in [2.05, 4.69) is 0 Å². The van der Waals surface area contributed by atoms with E-state index in [9.17, 15) is 9.59 Å². The Morgan fingerprint density at radius 1 is 1.44 bits per heavy atom. The SMILES string of the molecule is CCCN(CC(=O)O)C(=O)N1CCOC(CC)C1. The minimum absolute atomic E-state index is 0.0657. The lowest BCUT2D eigenvalue weighted by atomic mass is 10.2. The van der Waals surface area contributed by atoms with Crippen molar-refractivity contribution in [1.29, 1.82) is 0 Å². The molecule has 6 heteroatoms. The van der Waals surface area contributed by atoms with Gasteiger partial charge in [0.1, 0.15) is 6.54 Å². The van der Waals surface area contributed by atoms with Crippen molar-refractivity contribution in [3.8, 4) is 0 Å². The molecule has 1 atom stereocenters. The van der Waals surface area contributed by atoms with Crippen molar-refractivity contribution < 1.29 is 19.4 Å². The quantitative estimate of drug-likeness (QED) is 0.799. The van der Waals surface area contributed by atoms with Crippen LogP contribution in [0.1, 0.15) is 26.7 Å². The zero-order valence-corrected chi connectivity index (χ0v) is 11.1. The van der Waals surface area contributed by atoms with Gasteiger partial charge in [0.15, 0.2) is 0 Å². The standard InChI is InChI=1S/C12H22N2O4/c1-3-5-13(9-11(15)16)12(17)14-6-7-18-10(4-2)8-14/h10H,3-9H2,1-2H3,(H,15,16). The van der Waals surface area contributed by atoms with Crippen LogP contribution in [0, 0.1) is 0 Å². The topological polar surface area (TPSA) is 70.1 Å². The Bertz CT molecular complexity index is 296. The molecule has 0 spiro atoms. The largest absolute Gasteiger partial charge is 0.480 e. The number of morpholine rings is 1. The summed E-state index contributed by atoms with van der Waals surface area (Å²) in [5.41, 5.74) is 0. The lowest BCUT2D eigenvalue weighted by Crippen LogP contribution is -2.52. The van der Waals surface area contributed by atoms with Crippen molar-refractivity contribution in [3.05, 3.63) is 0 Å². The minimum atomic E-state index is -0.975. The number of carboxylic acids is 1. The molecule has 0 aromatic rings. The molecular formula is C12H22N2O4. The van der Waals surface area contributed by atoms with E-state index in [1.807, 2.05) is 13.8 Å². The summed E-state index contributed by atoms with van der Waals surface area (Å²) in [5, 5.41) is 8.82. The Morgan fingerprint density at radius 2 is 2.17 bits per heavy atom. The second-order valence-electron chi connectivity index (χ2n) is 4.44. The third kappa shape index (κ3) is 4.18. The molecule has 0 aromatic carbocycles. The molecule has 1 N–H and O–H groups in total. The van der Waals surface area contributed by atoms with Gasteiger partial charge in [0.2, 0.25) is 0 Å². The van der Waals surface area contributed by atoms with Crippen molar-refractivity contribution in [2.75, 3.05) is 32.8 Å². The van der Waals surface area contributed by atoms with Crippen LogP contribution in [0.15, 0.2) is 0 Å². The maximum atomic E-state index is 12.2. The van der Waals surface area contributed by atoms with E-state index in [0.29, 0.717) is 26.2 Å². The molecular weight excluding hydrogens is 236 g/mol. The zero-order chi connectivity index (χ0) is 13.5. The number of nitrogens with zero attached hydrogens (tertiary/aromatic N) is 2. The van der Waals surface area contributed by atoms with Crippen LogP contribution < -0.4 is 0 Å². The molecule has 1 saturated heterocycles. The number of rotatable bonds is 5. The number of aliphatic carboxylic acids is 1. The summed E-state index contributed by atoms with van der Waals surface area (Å²) in [7, 11) is 0. The number of hydrogen-bond donors (Lipinski definition) is 1. The highest BCUT2D eigenvalue weighted by atomic mass is 16.5. The fourth-order valence-electron chi connectivity index (χ4n) is 2.02. The molecule has 0 bridgehead atoms. The number of ether oxygens (including phenoxy) is 1. The van der Waals surface area contributed by atoms with E-state index in [1.54, 1.807) is 4.90 Å². The number of amides is 2. The van der Waals surface area contributed by atoms with Crippen LogP contribution in [-0.4, -0.2) is 65.8 Å². The van der Waals surface area contributed by atoms with E-state index in [0.717, 1.165) is 12.8 Å².